The van der Waals surface area contributed by atoms with Crippen molar-refractivity contribution in [1.82, 2.24) is 15.3 Å². The van der Waals surface area contributed by atoms with Crippen molar-refractivity contribution in [2.24, 2.45) is 0 Å². The van der Waals surface area contributed by atoms with E-state index in [1.54, 1.807) is 0 Å². The number of rotatable bonds is 3. The molecule has 1 aliphatic rings. The fraction of sp³-hybridized carbons (Fsp3) is 0.211. The van der Waals surface area contributed by atoms with Gasteiger partial charge in [0.2, 0.25) is 0 Å². The van der Waals surface area contributed by atoms with Gasteiger partial charge in [-0.15, -0.1) is 0 Å². The number of fused-ring (bicyclic) bond motifs is 1. The molecule has 4 rings (SSSR count). The monoisotopic (exact) mass is 473 g/mol. The molecule has 168 valence electrons. The van der Waals surface area contributed by atoms with Gasteiger partial charge in [-0.05, 0) is 24.3 Å². The lowest BCUT2D eigenvalue weighted by Gasteiger charge is -2.27. The van der Waals surface area contributed by atoms with Crippen molar-refractivity contribution >= 4 is 46.1 Å². The van der Waals surface area contributed by atoms with Crippen molar-refractivity contribution in [3.63, 3.8) is 0 Å². The van der Waals surface area contributed by atoms with Gasteiger partial charge >= 0.3 is 12.2 Å². The van der Waals surface area contributed by atoms with Gasteiger partial charge in [0.25, 0.3) is 5.91 Å². The number of nitrogens with zero attached hydrogens (tertiary/aromatic N) is 3. The largest absolute Gasteiger partial charge is 0.418 e. The Morgan fingerprint density at radius 3 is 2.69 bits per heavy atom. The summed E-state index contributed by atoms with van der Waals surface area (Å²) in [5.74, 6) is -3.49. The Labute approximate surface area is 181 Å². The molecule has 13 heteroatoms. The molecule has 3 aromatic rings. The number of pyridine rings is 1. The lowest BCUT2D eigenvalue weighted by molar-refractivity contribution is -0.136. The number of alkyl halides is 3. The molecule has 0 unspecified atom stereocenters. The number of hydrogen-bond acceptors (Lipinski definition) is 3. The van der Waals surface area contributed by atoms with Gasteiger partial charge in [0.15, 0.2) is 5.82 Å². The lowest BCUT2D eigenvalue weighted by atomic mass is 10.1. The zero-order chi connectivity index (χ0) is 23.4. The van der Waals surface area contributed by atoms with E-state index in [0.717, 1.165) is 21.9 Å². The molecular weight excluding hydrogens is 461 g/mol. The number of carbonyl (C=O) groups is 2. The van der Waals surface area contributed by atoms with E-state index in [9.17, 15) is 31.5 Å². The second-order valence-corrected chi connectivity index (χ2v) is 7.31. The van der Waals surface area contributed by atoms with Gasteiger partial charge in [-0.3, -0.25) is 9.69 Å². The number of H-pyrrole nitrogens is 1. The summed E-state index contributed by atoms with van der Waals surface area (Å²) >= 11 is 5.56. The van der Waals surface area contributed by atoms with Crippen molar-refractivity contribution in [3.8, 4) is 0 Å². The Kier molecular flexibility index (Phi) is 5.19. The Hall–Kier alpha value is -3.41. The number of halogens is 6. The van der Waals surface area contributed by atoms with Crippen LogP contribution in [0.5, 0.6) is 0 Å². The predicted molar refractivity (Wildman–Crippen MR) is 106 cm³/mol. The number of amides is 3. The summed E-state index contributed by atoms with van der Waals surface area (Å²) < 4.78 is 68.5. The van der Waals surface area contributed by atoms with Gasteiger partial charge in [0, 0.05) is 19.8 Å². The summed E-state index contributed by atoms with van der Waals surface area (Å²) in [6, 6.07) is 1.58. The van der Waals surface area contributed by atoms with Crippen LogP contribution in [0, 0.1) is 11.6 Å². The molecule has 0 bridgehead atoms. The first-order chi connectivity index (χ1) is 15.0. The van der Waals surface area contributed by atoms with E-state index in [1.165, 1.54) is 19.3 Å². The zero-order valence-electron chi connectivity index (χ0n) is 16.1. The van der Waals surface area contributed by atoms with E-state index < -0.39 is 52.2 Å². The minimum absolute atomic E-state index is 0.0644. The Bertz CT molecular complexity index is 1240. The van der Waals surface area contributed by atoms with Crippen LogP contribution in [0.1, 0.15) is 5.56 Å². The van der Waals surface area contributed by atoms with Crippen LogP contribution in [0.25, 0.3) is 11.0 Å². The van der Waals surface area contributed by atoms with Gasteiger partial charge in [0.05, 0.1) is 22.3 Å². The number of nitrogens with one attached hydrogen (secondary N) is 2. The Balaban J connectivity index is 1.75. The molecule has 2 N–H and O–H groups in total. The predicted octanol–water partition coefficient (Wildman–Crippen LogP) is 4.07. The fourth-order valence-corrected chi connectivity index (χ4v) is 3.61. The average molecular weight is 474 g/mol. The number of carbonyl (C=O) groups excluding carboxylic acids is 2. The second kappa shape index (κ2) is 7.62. The zero-order valence-corrected chi connectivity index (χ0v) is 16.9. The van der Waals surface area contributed by atoms with Gasteiger partial charge < -0.3 is 15.2 Å². The number of hydrogen-bond donors (Lipinski definition) is 2. The van der Waals surface area contributed by atoms with Crippen LogP contribution in [0.15, 0.2) is 30.5 Å². The standard InChI is InChI=1S/C19H13ClF5N5O2/c1-29(11-3-2-9(21)14(20)15(11)22)17(31)12-7-27-18(32)30(12)13-6-8(19(23,24)25)16-10(28-13)4-5-26-16/h2-6,12,26H,7H2,1H3,(H,27,32)/t12-/m0/s1. The molecule has 3 heterocycles. The summed E-state index contributed by atoms with van der Waals surface area (Å²) in [5, 5.41) is 1.55. The summed E-state index contributed by atoms with van der Waals surface area (Å²) in [5.41, 5.74) is -1.78. The summed E-state index contributed by atoms with van der Waals surface area (Å²) in [4.78, 5) is 33.6. The number of benzene rings is 1. The first-order valence-corrected chi connectivity index (χ1v) is 9.42. The van der Waals surface area contributed by atoms with Crippen LogP contribution < -0.4 is 15.1 Å². The molecule has 0 aliphatic carbocycles. The Morgan fingerprint density at radius 2 is 2.00 bits per heavy atom. The molecule has 1 atom stereocenters. The maximum Gasteiger partial charge on any atom is 0.418 e. The van der Waals surface area contributed by atoms with Gasteiger partial charge in [-0.1, -0.05) is 11.6 Å². The molecule has 0 saturated carbocycles. The molecule has 0 radical (unpaired) electrons. The number of anilines is 2. The maximum absolute atomic E-state index is 14.4. The van der Waals surface area contributed by atoms with Crippen LogP contribution in [0.2, 0.25) is 5.02 Å². The summed E-state index contributed by atoms with van der Waals surface area (Å²) in [6.45, 7) is -0.271. The molecule has 32 heavy (non-hydrogen) atoms. The van der Waals surface area contributed by atoms with E-state index >= 15 is 0 Å². The minimum atomic E-state index is -4.76. The Morgan fingerprint density at radius 1 is 1.28 bits per heavy atom. The van der Waals surface area contributed by atoms with Crippen molar-refractivity contribution in [2.75, 3.05) is 23.4 Å². The molecule has 0 spiro atoms. The van der Waals surface area contributed by atoms with Crippen LogP contribution in [-0.2, 0) is 11.0 Å². The summed E-state index contributed by atoms with van der Waals surface area (Å²) in [7, 11) is 1.17. The average Bonchev–Trinajstić information content (AvgIpc) is 3.35. The van der Waals surface area contributed by atoms with Gasteiger partial charge in [-0.25, -0.2) is 18.6 Å². The highest BCUT2D eigenvalue weighted by Gasteiger charge is 2.42. The SMILES string of the molecule is CN(C(=O)[C@@H]1CNC(=O)N1c1cc(C(F)(F)F)c2[nH]ccc2n1)c1ccc(F)c(Cl)c1F. The first kappa shape index (κ1) is 21.8. The van der Waals surface area contributed by atoms with Crippen molar-refractivity contribution in [2.45, 2.75) is 12.2 Å². The normalized spacial score (nSPS) is 16.5. The van der Waals surface area contributed by atoms with Crippen LogP contribution in [0.3, 0.4) is 0 Å². The highest BCUT2D eigenvalue weighted by Crippen LogP contribution is 2.37. The van der Waals surface area contributed by atoms with E-state index in [0.29, 0.717) is 6.07 Å². The lowest BCUT2D eigenvalue weighted by Crippen LogP contribution is -2.47. The number of aromatic nitrogens is 2. The number of aromatic amines is 1. The van der Waals surface area contributed by atoms with E-state index in [-0.39, 0.29) is 23.3 Å². The van der Waals surface area contributed by atoms with Gasteiger partial charge in [-0.2, -0.15) is 13.2 Å². The van der Waals surface area contributed by atoms with Crippen LogP contribution >= 0.6 is 11.6 Å². The van der Waals surface area contributed by atoms with Crippen LogP contribution in [0.4, 0.5) is 38.3 Å². The van der Waals surface area contributed by atoms with Crippen molar-refractivity contribution < 1.29 is 31.5 Å². The second-order valence-electron chi connectivity index (χ2n) is 6.93. The van der Waals surface area contributed by atoms with E-state index in [2.05, 4.69) is 15.3 Å². The van der Waals surface area contributed by atoms with E-state index in [1.807, 2.05) is 0 Å². The molecule has 1 aromatic carbocycles. The topological polar surface area (TPSA) is 81.3 Å². The van der Waals surface area contributed by atoms with Crippen molar-refractivity contribution in [3.05, 3.63) is 52.7 Å². The third-order valence-corrected chi connectivity index (χ3v) is 5.37. The molecule has 1 aliphatic heterocycles. The minimum Gasteiger partial charge on any atom is -0.359 e. The first-order valence-electron chi connectivity index (χ1n) is 9.04. The highest BCUT2D eigenvalue weighted by molar-refractivity contribution is 6.31. The molecule has 7 nitrogen and oxygen atoms in total. The molecular formula is C19H13ClF5N5O2. The molecule has 2 aromatic heterocycles. The van der Waals surface area contributed by atoms with Gasteiger partial charge in [0.1, 0.15) is 22.7 Å². The fourth-order valence-electron chi connectivity index (χ4n) is 3.45. The third-order valence-electron chi connectivity index (χ3n) is 5.02. The summed E-state index contributed by atoms with van der Waals surface area (Å²) in [6.07, 6.45) is -3.50. The van der Waals surface area contributed by atoms with E-state index in [4.69, 9.17) is 11.6 Å². The molecule has 3 amide bonds. The van der Waals surface area contributed by atoms with Crippen molar-refractivity contribution in [1.29, 1.82) is 0 Å². The smallest absolute Gasteiger partial charge is 0.359 e. The maximum atomic E-state index is 14.4. The third kappa shape index (κ3) is 3.49. The van der Waals surface area contributed by atoms with Crippen LogP contribution in [-0.4, -0.2) is 41.5 Å². The highest BCUT2D eigenvalue weighted by atomic mass is 35.5. The number of likely N-dealkylation sites (N-methyl/N-ethyl adjacent to an activating group) is 1. The molecule has 1 fully saturated rings. The quantitative estimate of drug-likeness (QED) is 0.444. The molecule has 1 saturated heterocycles. The number of urea groups is 1.